The van der Waals surface area contributed by atoms with Crippen LogP contribution in [0.4, 0.5) is 0 Å². The molecule has 2 atom stereocenters. The molecule has 0 unspecified atom stereocenters. The molecule has 0 heterocycles. The van der Waals surface area contributed by atoms with Crippen molar-refractivity contribution in [1.29, 1.82) is 0 Å². The van der Waals surface area contributed by atoms with Crippen LogP contribution in [0.3, 0.4) is 0 Å². The monoisotopic (exact) mass is 310 g/mol. The number of Topliss-reactive ketones (excluding diaryl/α,β-unsaturated/α-hetero) is 1. The van der Waals surface area contributed by atoms with Crippen molar-refractivity contribution in [3.8, 4) is 5.75 Å². The summed E-state index contributed by atoms with van der Waals surface area (Å²) in [7, 11) is 0. The summed E-state index contributed by atoms with van der Waals surface area (Å²) in [6, 6.07) is 6.59. The van der Waals surface area contributed by atoms with Gasteiger partial charge in [-0.05, 0) is 80.2 Å². The van der Waals surface area contributed by atoms with E-state index in [1.165, 1.54) is 11.1 Å². The van der Waals surface area contributed by atoms with Crippen LogP contribution in [0.2, 0.25) is 0 Å². The first kappa shape index (κ1) is 15.0. The number of allylic oxidation sites excluding steroid dienone is 2. The van der Waals surface area contributed by atoms with Gasteiger partial charge in [0.2, 0.25) is 0 Å². The van der Waals surface area contributed by atoms with Crippen LogP contribution in [0.15, 0.2) is 23.8 Å². The van der Waals surface area contributed by atoms with Gasteiger partial charge in [-0.25, -0.2) is 0 Å². The maximum absolute atomic E-state index is 12.6. The van der Waals surface area contributed by atoms with E-state index in [-0.39, 0.29) is 5.41 Å². The lowest BCUT2D eigenvalue weighted by Crippen LogP contribution is -2.36. The zero-order valence-electron chi connectivity index (χ0n) is 14.3. The van der Waals surface area contributed by atoms with E-state index in [0.717, 1.165) is 57.3 Å². The fourth-order valence-corrected chi connectivity index (χ4v) is 5.39. The van der Waals surface area contributed by atoms with Gasteiger partial charge >= 0.3 is 0 Å². The largest absolute Gasteiger partial charge is 0.494 e. The number of hydrogen-bond acceptors (Lipinski definition) is 2. The van der Waals surface area contributed by atoms with Crippen molar-refractivity contribution in [3.63, 3.8) is 0 Å². The predicted octanol–water partition coefficient (Wildman–Crippen LogP) is 4.95. The minimum absolute atomic E-state index is 0.0262. The van der Waals surface area contributed by atoms with Crippen LogP contribution < -0.4 is 4.74 Å². The van der Waals surface area contributed by atoms with Gasteiger partial charge in [0.05, 0.1) is 6.61 Å². The third-order valence-corrected chi connectivity index (χ3v) is 6.52. The smallest absolute Gasteiger partial charge is 0.139 e. The van der Waals surface area contributed by atoms with Crippen molar-refractivity contribution in [2.75, 3.05) is 6.61 Å². The van der Waals surface area contributed by atoms with Gasteiger partial charge in [-0.1, -0.05) is 18.6 Å². The Balaban J connectivity index is 1.76. The zero-order chi connectivity index (χ0) is 16.0. The van der Waals surface area contributed by atoms with Crippen molar-refractivity contribution in [3.05, 3.63) is 34.9 Å². The minimum Gasteiger partial charge on any atom is -0.494 e. The van der Waals surface area contributed by atoms with Gasteiger partial charge in [0.25, 0.3) is 0 Å². The van der Waals surface area contributed by atoms with Crippen LogP contribution in [-0.4, -0.2) is 12.4 Å². The van der Waals surface area contributed by atoms with Crippen molar-refractivity contribution >= 4 is 11.4 Å². The van der Waals surface area contributed by atoms with E-state index in [9.17, 15) is 4.79 Å². The highest BCUT2D eigenvalue weighted by Crippen LogP contribution is 2.58. The maximum atomic E-state index is 12.6. The molecule has 1 aromatic rings. The summed E-state index contributed by atoms with van der Waals surface area (Å²) in [4.78, 5) is 12.6. The predicted molar refractivity (Wildman–Crippen MR) is 92.5 cm³/mol. The fourth-order valence-electron chi connectivity index (χ4n) is 5.39. The zero-order valence-corrected chi connectivity index (χ0v) is 14.3. The summed E-state index contributed by atoms with van der Waals surface area (Å²) >= 11 is 0. The van der Waals surface area contributed by atoms with Crippen LogP contribution in [0, 0.1) is 11.3 Å². The Hall–Kier alpha value is -1.57. The van der Waals surface area contributed by atoms with Gasteiger partial charge in [0.1, 0.15) is 11.5 Å². The first-order valence-corrected chi connectivity index (χ1v) is 9.21. The maximum Gasteiger partial charge on any atom is 0.139 e. The molecule has 1 saturated carbocycles. The molecule has 23 heavy (non-hydrogen) atoms. The quantitative estimate of drug-likeness (QED) is 0.789. The van der Waals surface area contributed by atoms with Crippen molar-refractivity contribution in [2.45, 2.75) is 58.8 Å². The highest BCUT2D eigenvalue weighted by molar-refractivity contribution is 5.90. The van der Waals surface area contributed by atoms with E-state index in [4.69, 9.17) is 4.74 Å². The van der Waals surface area contributed by atoms with E-state index in [1.807, 2.05) is 6.92 Å². The molecule has 3 aliphatic carbocycles. The number of fused-ring (bicyclic) bond motifs is 4. The lowest BCUT2D eigenvalue weighted by atomic mass is 9.61. The third kappa shape index (κ3) is 2.10. The minimum atomic E-state index is -0.0262. The van der Waals surface area contributed by atoms with Gasteiger partial charge < -0.3 is 4.74 Å². The lowest BCUT2D eigenvalue weighted by molar-refractivity contribution is -0.127. The number of ether oxygens (including phenoxy) is 1. The van der Waals surface area contributed by atoms with Crippen molar-refractivity contribution in [1.82, 2.24) is 0 Å². The number of hydrogen-bond donors (Lipinski definition) is 0. The molecule has 4 rings (SSSR count). The lowest BCUT2D eigenvalue weighted by Gasteiger charge is -2.42. The average molecular weight is 310 g/mol. The average Bonchev–Trinajstić information content (AvgIpc) is 2.92. The molecule has 0 aliphatic heterocycles. The Kier molecular flexibility index (Phi) is 3.59. The molecule has 0 spiro atoms. The Morgan fingerprint density at radius 1 is 1.17 bits per heavy atom. The molecule has 2 nitrogen and oxygen atoms in total. The van der Waals surface area contributed by atoms with E-state index >= 15 is 0 Å². The van der Waals surface area contributed by atoms with Crippen LogP contribution in [0.5, 0.6) is 5.75 Å². The molecule has 2 heteroatoms. The number of aryl methyl sites for hydroxylation is 1. The molecule has 0 aromatic heterocycles. The summed E-state index contributed by atoms with van der Waals surface area (Å²) in [5.41, 5.74) is 6.00. The molecule has 0 N–H and O–H groups in total. The summed E-state index contributed by atoms with van der Waals surface area (Å²) in [5, 5.41) is 0. The molecule has 0 saturated heterocycles. The summed E-state index contributed by atoms with van der Waals surface area (Å²) in [6.07, 6.45) is 7.26. The first-order valence-electron chi connectivity index (χ1n) is 9.21. The van der Waals surface area contributed by atoms with Gasteiger partial charge in [-0.2, -0.15) is 0 Å². The molecule has 122 valence electrons. The number of benzene rings is 1. The van der Waals surface area contributed by atoms with Crippen molar-refractivity contribution < 1.29 is 9.53 Å². The normalized spacial score (nSPS) is 29.1. The summed E-state index contributed by atoms with van der Waals surface area (Å²) in [6.45, 7) is 4.96. The van der Waals surface area contributed by atoms with Gasteiger partial charge in [-0.3, -0.25) is 4.79 Å². The summed E-state index contributed by atoms with van der Waals surface area (Å²) in [5.74, 6) is 2.04. The Bertz CT molecular complexity index is 685. The van der Waals surface area contributed by atoms with Gasteiger partial charge in [-0.15, -0.1) is 0 Å². The second kappa shape index (κ2) is 5.51. The fraction of sp³-hybridized carbons (Fsp3) is 0.571. The molecule has 3 aliphatic rings. The Morgan fingerprint density at radius 3 is 2.83 bits per heavy atom. The van der Waals surface area contributed by atoms with Crippen LogP contribution in [-0.2, 0) is 11.2 Å². The van der Waals surface area contributed by atoms with E-state index in [2.05, 4.69) is 25.1 Å². The number of rotatable bonds is 3. The van der Waals surface area contributed by atoms with Crippen LogP contribution in [0.1, 0.15) is 63.5 Å². The number of carbonyl (C=O) groups excluding carboxylic acids is 1. The molecular formula is C21H26O2. The highest BCUT2D eigenvalue weighted by atomic mass is 16.5. The van der Waals surface area contributed by atoms with E-state index < -0.39 is 0 Å². The summed E-state index contributed by atoms with van der Waals surface area (Å²) < 4.78 is 5.66. The second-order valence-electron chi connectivity index (χ2n) is 7.28. The van der Waals surface area contributed by atoms with Gasteiger partial charge in [0.15, 0.2) is 0 Å². The number of ketones is 1. The first-order chi connectivity index (χ1) is 11.2. The molecular weight excluding hydrogens is 284 g/mol. The molecule has 1 fully saturated rings. The van der Waals surface area contributed by atoms with Crippen LogP contribution in [0.25, 0.3) is 5.57 Å². The highest BCUT2D eigenvalue weighted by Gasteiger charge is 2.52. The Morgan fingerprint density at radius 2 is 2.04 bits per heavy atom. The van der Waals surface area contributed by atoms with Crippen LogP contribution >= 0.6 is 0 Å². The Labute approximate surface area is 138 Å². The molecule has 0 amide bonds. The molecule has 0 radical (unpaired) electrons. The van der Waals surface area contributed by atoms with Crippen molar-refractivity contribution in [2.24, 2.45) is 11.3 Å². The standard InChI is InChI=1S/C21H26O2/c1-3-21-12-11-17-16-8-6-15(23-4-2)13-14(16)5-7-18(17)19(21)9-10-20(21)22/h6,8,13,19H,3-5,7,9-12H2,1-2H3/t19-,21-/m0/s1. The van der Waals surface area contributed by atoms with Gasteiger partial charge in [0, 0.05) is 11.8 Å². The third-order valence-electron chi connectivity index (χ3n) is 6.52. The molecule has 1 aromatic carbocycles. The van der Waals surface area contributed by atoms with E-state index in [0.29, 0.717) is 11.7 Å². The topological polar surface area (TPSA) is 26.3 Å². The van der Waals surface area contributed by atoms with E-state index in [1.54, 1.807) is 11.1 Å². The molecule has 0 bridgehead atoms. The SMILES string of the molecule is CCOc1ccc2c(c1)CCC1=C2CC[C@]2(CC)C(=O)CC[C@@H]12. The second-order valence-corrected chi connectivity index (χ2v) is 7.28. The number of carbonyl (C=O) groups is 1.